The van der Waals surface area contributed by atoms with Gasteiger partial charge in [-0.05, 0) is 66.2 Å². The Labute approximate surface area is 189 Å². The highest BCUT2D eigenvalue weighted by molar-refractivity contribution is 8.18. The Bertz CT molecular complexity index is 1120. The average Bonchev–Trinajstić information content (AvgIpc) is 3.00. The van der Waals surface area contributed by atoms with Crippen LogP contribution in [0.1, 0.15) is 16.7 Å². The molecular formula is C24H18ClNO2S2. The number of halogens is 1. The molecule has 4 rings (SSSR count). The minimum Gasteiger partial charge on any atom is -0.268 e. The lowest BCUT2D eigenvalue weighted by molar-refractivity contribution is -0.123. The smallest absolute Gasteiger partial charge is 0.268 e. The molecule has 1 saturated heterocycles. The van der Waals surface area contributed by atoms with E-state index in [2.05, 4.69) is 31.2 Å². The second-order valence-corrected chi connectivity index (χ2v) is 9.39. The maximum Gasteiger partial charge on any atom is 0.293 e. The number of hydrogen-bond acceptors (Lipinski definition) is 4. The van der Waals surface area contributed by atoms with E-state index in [9.17, 15) is 9.59 Å². The van der Waals surface area contributed by atoms with Crippen molar-refractivity contribution in [3.05, 3.63) is 99.4 Å². The molecule has 1 aliphatic rings. The summed E-state index contributed by atoms with van der Waals surface area (Å²) in [7, 11) is 0. The fourth-order valence-electron chi connectivity index (χ4n) is 2.96. The number of thioether (sulfide) groups is 1. The number of rotatable bonds is 5. The topological polar surface area (TPSA) is 37.4 Å². The minimum absolute atomic E-state index is 0.174. The average molecular weight is 452 g/mol. The van der Waals surface area contributed by atoms with Crippen molar-refractivity contribution >= 4 is 52.3 Å². The lowest BCUT2D eigenvalue weighted by Gasteiger charge is -2.13. The molecule has 6 heteroatoms. The molecule has 0 N–H and O–H groups in total. The predicted molar refractivity (Wildman–Crippen MR) is 125 cm³/mol. The molecule has 0 unspecified atom stereocenters. The van der Waals surface area contributed by atoms with Gasteiger partial charge in [0.25, 0.3) is 11.1 Å². The fraction of sp³-hybridized carbons (Fsp3) is 0.0833. The van der Waals surface area contributed by atoms with Crippen LogP contribution >= 0.6 is 35.1 Å². The molecule has 3 nitrogen and oxygen atoms in total. The predicted octanol–water partition coefficient (Wildman–Crippen LogP) is 7.04. The number of nitrogens with zero attached hydrogens (tertiary/aromatic N) is 1. The van der Waals surface area contributed by atoms with Gasteiger partial charge in [-0.3, -0.25) is 14.5 Å². The molecule has 0 bridgehead atoms. The lowest BCUT2D eigenvalue weighted by atomic mass is 10.2. The van der Waals surface area contributed by atoms with E-state index in [1.54, 1.807) is 23.9 Å². The molecule has 2 amide bonds. The number of hydrogen-bond donors (Lipinski definition) is 0. The van der Waals surface area contributed by atoms with Gasteiger partial charge in [-0.25, -0.2) is 0 Å². The first-order chi connectivity index (χ1) is 14.5. The van der Waals surface area contributed by atoms with Crippen molar-refractivity contribution in [3.63, 3.8) is 0 Å². The zero-order chi connectivity index (χ0) is 21.1. The molecule has 0 atom stereocenters. The van der Waals surface area contributed by atoms with Gasteiger partial charge in [-0.1, -0.05) is 71.4 Å². The molecule has 3 aromatic carbocycles. The molecule has 0 aliphatic carbocycles. The second kappa shape index (κ2) is 9.13. The van der Waals surface area contributed by atoms with Crippen LogP contribution in [-0.2, 0) is 11.3 Å². The molecule has 1 aliphatic heterocycles. The number of benzene rings is 3. The quantitative estimate of drug-likeness (QED) is 0.390. The van der Waals surface area contributed by atoms with Crippen molar-refractivity contribution in [2.45, 2.75) is 23.3 Å². The van der Waals surface area contributed by atoms with E-state index in [1.165, 1.54) is 15.4 Å². The van der Waals surface area contributed by atoms with E-state index < -0.39 is 0 Å². The highest BCUT2D eigenvalue weighted by Crippen LogP contribution is 2.34. The summed E-state index contributed by atoms with van der Waals surface area (Å²) >= 11 is 8.82. The monoisotopic (exact) mass is 451 g/mol. The zero-order valence-corrected chi connectivity index (χ0v) is 18.6. The standard InChI is InChI=1S/C24H18ClNO2S2/c1-16-6-10-19(11-7-16)29-20-12-8-17(9-13-20)14-22-23(27)26(24(28)30-22)15-18-4-2-3-5-21(18)25/h2-14H,15H2,1H3/b22-14-. The number of aryl methyl sites for hydroxylation is 1. The SMILES string of the molecule is Cc1ccc(Sc2ccc(/C=C3\SC(=O)N(Cc4ccccc4Cl)C3=O)cc2)cc1. The molecule has 0 spiro atoms. The number of amides is 2. The van der Waals surface area contributed by atoms with Crippen LogP contribution in [-0.4, -0.2) is 16.0 Å². The third-order valence-corrected chi connectivity index (χ3v) is 6.89. The zero-order valence-electron chi connectivity index (χ0n) is 16.2. The van der Waals surface area contributed by atoms with E-state index in [-0.39, 0.29) is 17.7 Å². The summed E-state index contributed by atoms with van der Waals surface area (Å²) < 4.78 is 0. The van der Waals surface area contributed by atoms with Crippen molar-refractivity contribution in [1.29, 1.82) is 0 Å². The first kappa shape index (κ1) is 20.8. The lowest BCUT2D eigenvalue weighted by Crippen LogP contribution is -2.27. The summed E-state index contributed by atoms with van der Waals surface area (Å²) in [5.41, 5.74) is 2.87. The fourth-order valence-corrected chi connectivity index (χ4v) is 4.81. The Morgan fingerprint density at radius 2 is 1.57 bits per heavy atom. The van der Waals surface area contributed by atoms with E-state index in [0.29, 0.717) is 9.93 Å². The van der Waals surface area contributed by atoms with Crippen molar-refractivity contribution in [1.82, 2.24) is 4.90 Å². The third-order valence-electron chi connectivity index (χ3n) is 4.59. The first-order valence-corrected chi connectivity index (χ1v) is 11.3. The highest BCUT2D eigenvalue weighted by atomic mass is 35.5. The number of imide groups is 1. The van der Waals surface area contributed by atoms with E-state index in [0.717, 1.165) is 27.8 Å². The van der Waals surface area contributed by atoms with Crippen molar-refractivity contribution in [2.24, 2.45) is 0 Å². The Hall–Kier alpha value is -2.47. The summed E-state index contributed by atoms with van der Waals surface area (Å²) in [5.74, 6) is -0.289. The molecular weight excluding hydrogens is 434 g/mol. The summed E-state index contributed by atoms with van der Waals surface area (Å²) in [6.45, 7) is 2.24. The Morgan fingerprint density at radius 1 is 0.933 bits per heavy atom. The number of carbonyl (C=O) groups is 2. The second-order valence-electron chi connectivity index (χ2n) is 6.84. The van der Waals surface area contributed by atoms with Crippen molar-refractivity contribution < 1.29 is 9.59 Å². The number of carbonyl (C=O) groups excluding carboxylic acids is 2. The summed E-state index contributed by atoms with van der Waals surface area (Å²) in [6.07, 6.45) is 1.76. The van der Waals surface area contributed by atoms with Crippen molar-refractivity contribution in [3.8, 4) is 0 Å². The Kier molecular flexibility index (Phi) is 6.32. The van der Waals surface area contributed by atoms with Gasteiger partial charge in [0.1, 0.15) is 0 Å². The van der Waals surface area contributed by atoms with Gasteiger partial charge >= 0.3 is 0 Å². The summed E-state index contributed by atoms with van der Waals surface area (Å²) in [5, 5.41) is 0.264. The van der Waals surface area contributed by atoms with Crippen LogP contribution in [0.15, 0.2) is 87.5 Å². The van der Waals surface area contributed by atoms with Gasteiger partial charge in [0.2, 0.25) is 0 Å². The molecule has 150 valence electrons. The van der Waals surface area contributed by atoms with Crippen LogP contribution in [0.3, 0.4) is 0 Å². The molecule has 30 heavy (non-hydrogen) atoms. The van der Waals surface area contributed by atoms with Crippen molar-refractivity contribution in [2.75, 3.05) is 0 Å². The van der Waals surface area contributed by atoms with Crippen LogP contribution in [0.25, 0.3) is 6.08 Å². The molecule has 0 aromatic heterocycles. The van der Waals surface area contributed by atoms with Gasteiger partial charge in [0, 0.05) is 14.8 Å². The van der Waals surface area contributed by atoms with Crippen LogP contribution < -0.4 is 0 Å². The van der Waals surface area contributed by atoms with Gasteiger partial charge in [-0.2, -0.15) is 0 Å². The first-order valence-electron chi connectivity index (χ1n) is 9.33. The largest absolute Gasteiger partial charge is 0.293 e. The highest BCUT2D eigenvalue weighted by Gasteiger charge is 2.35. The minimum atomic E-state index is -0.289. The summed E-state index contributed by atoms with van der Waals surface area (Å²) in [6, 6.07) is 23.6. The third kappa shape index (κ3) is 4.81. The van der Waals surface area contributed by atoms with E-state index >= 15 is 0 Å². The normalized spacial score (nSPS) is 15.3. The Morgan fingerprint density at radius 3 is 2.23 bits per heavy atom. The van der Waals surface area contributed by atoms with Crippen LogP contribution in [0.2, 0.25) is 5.02 Å². The molecule has 1 fully saturated rings. The van der Waals surface area contributed by atoms with Crippen LogP contribution in [0, 0.1) is 6.92 Å². The molecule has 1 heterocycles. The van der Waals surface area contributed by atoms with Gasteiger partial charge in [-0.15, -0.1) is 0 Å². The van der Waals surface area contributed by atoms with Gasteiger partial charge in [0.15, 0.2) is 0 Å². The summed E-state index contributed by atoms with van der Waals surface area (Å²) in [4.78, 5) is 29.0. The van der Waals surface area contributed by atoms with Crippen LogP contribution in [0.5, 0.6) is 0 Å². The molecule has 0 radical (unpaired) electrons. The molecule has 3 aromatic rings. The van der Waals surface area contributed by atoms with E-state index in [1.807, 2.05) is 42.5 Å². The maximum absolute atomic E-state index is 12.7. The Balaban J connectivity index is 1.46. The molecule has 0 saturated carbocycles. The van der Waals surface area contributed by atoms with Gasteiger partial charge in [0.05, 0.1) is 11.4 Å². The maximum atomic E-state index is 12.7. The van der Waals surface area contributed by atoms with E-state index in [4.69, 9.17) is 11.6 Å². The van der Waals surface area contributed by atoms with Crippen LogP contribution in [0.4, 0.5) is 4.79 Å². The van der Waals surface area contributed by atoms with Gasteiger partial charge < -0.3 is 0 Å².